The first-order chi connectivity index (χ1) is 7.99. The zero-order valence-corrected chi connectivity index (χ0v) is 8.70. The number of carboxylic acids is 1. The second kappa shape index (κ2) is 3.97. The minimum absolute atomic E-state index is 0.126. The molecule has 4 nitrogen and oxygen atoms in total. The Balaban J connectivity index is 2.52. The Hall–Kier alpha value is -2.24. The molecule has 1 aromatic carbocycles. The smallest absolute Gasteiger partial charge is 0.358 e. The number of nitrogens with zero attached hydrogens (tertiary/aromatic N) is 1. The number of aryl methyl sites for hydroxylation is 1. The highest BCUT2D eigenvalue weighted by Crippen LogP contribution is 2.26. The lowest BCUT2D eigenvalue weighted by Gasteiger charge is -2.01. The van der Waals surface area contributed by atoms with E-state index in [1.807, 2.05) is 0 Å². The van der Waals surface area contributed by atoms with Crippen LogP contribution in [0.15, 0.2) is 22.7 Å². The predicted molar refractivity (Wildman–Crippen MR) is 53.6 cm³/mol. The summed E-state index contributed by atoms with van der Waals surface area (Å²) in [5.41, 5.74) is -0.363. The molecular formula is C11H7F2NO3. The summed E-state index contributed by atoms with van der Waals surface area (Å²) in [5.74, 6) is -2.72. The highest BCUT2D eigenvalue weighted by Gasteiger charge is 2.16. The number of hydrogen-bond acceptors (Lipinski definition) is 3. The molecular weight excluding hydrogens is 232 g/mol. The van der Waals surface area contributed by atoms with E-state index in [9.17, 15) is 13.6 Å². The van der Waals surface area contributed by atoms with E-state index in [1.54, 1.807) is 0 Å². The van der Waals surface area contributed by atoms with E-state index < -0.39 is 17.6 Å². The maximum absolute atomic E-state index is 13.5. The molecule has 0 atom stereocenters. The van der Waals surface area contributed by atoms with Gasteiger partial charge in [-0.15, -0.1) is 0 Å². The molecule has 0 aliphatic rings. The zero-order chi connectivity index (χ0) is 12.6. The monoisotopic (exact) mass is 239 g/mol. The quantitative estimate of drug-likeness (QED) is 0.874. The van der Waals surface area contributed by atoms with Gasteiger partial charge in [-0.2, -0.15) is 0 Å². The minimum atomic E-state index is -1.30. The van der Waals surface area contributed by atoms with Gasteiger partial charge in [0.1, 0.15) is 11.6 Å². The third kappa shape index (κ3) is 2.01. The van der Waals surface area contributed by atoms with Gasteiger partial charge in [0.15, 0.2) is 11.5 Å². The lowest BCUT2D eigenvalue weighted by Crippen LogP contribution is -1.94. The van der Waals surface area contributed by atoms with Crippen molar-refractivity contribution in [3.05, 3.63) is 41.1 Å². The van der Waals surface area contributed by atoms with Crippen molar-refractivity contribution in [2.45, 2.75) is 6.92 Å². The number of aromatic carboxylic acids is 1. The Morgan fingerprint density at radius 1 is 1.29 bits per heavy atom. The fourth-order valence-electron chi connectivity index (χ4n) is 1.34. The summed E-state index contributed by atoms with van der Waals surface area (Å²) in [7, 11) is 0. The molecule has 0 saturated carbocycles. The third-order valence-corrected chi connectivity index (χ3v) is 2.24. The molecule has 0 aliphatic heterocycles. The molecule has 1 N–H and O–H groups in total. The number of carbonyl (C=O) groups is 1. The van der Waals surface area contributed by atoms with Crippen molar-refractivity contribution < 1.29 is 23.2 Å². The summed E-state index contributed by atoms with van der Waals surface area (Å²) in [5, 5.41) is 11.8. The van der Waals surface area contributed by atoms with E-state index in [0.717, 1.165) is 18.2 Å². The molecule has 17 heavy (non-hydrogen) atoms. The van der Waals surface area contributed by atoms with Crippen LogP contribution in [-0.4, -0.2) is 16.2 Å². The van der Waals surface area contributed by atoms with Crippen LogP contribution in [0.4, 0.5) is 8.78 Å². The molecule has 0 fully saturated rings. The molecule has 0 aliphatic carbocycles. The standard InChI is InChI=1S/C11H7F2NO3/c1-5-2-8(13)6(3-7(5)12)10-4-9(11(15)16)14-17-10/h2-4H,1H3,(H,15,16). The Bertz CT molecular complexity index is 592. The first-order valence-corrected chi connectivity index (χ1v) is 4.65. The van der Waals surface area contributed by atoms with Crippen LogP contribution in [0.2, 0.25) is 0 Å². The Kier molecular flexibility index (Phi) is 2.63. The maximum atomic E-state index is 13.5. The summed E-state index contributed by atoms with van der Waals surface area (Å²) in [4.78, 5) is 10.6. The summed E-state index contributed by atoms with van der Waals surface area (Å²) in [6, 6.07) is 2.99. The minimum Gasteiger partial charge on any atom is -0.476 e. The molecule has 1 aromatic heterocycles. The van der Waals surface area contributed by atoms with Gasteiger partial charge in [0.2, 0.25) is 0 Å². The number of halogens is 2. The van der Waals surface area contributed by atoms with Crippen molar-refractivity contribution in [1.29, 1.82) is 0 Å². The van der Waals surface area contributed by atoms with Crippen LogP contribution in [0, 0.1) is 18.6 Å². The molecule has 0 spiro atoms. The van der Waals surface area contributed by atoms with Gasteiger partial charge < -0.3 is 9.63 Å². The maximum Gasteiger partial charge on any atom is 0.358 e. The van der Waals surface area contributed by atoms with Gasteiger partial charge in [-0.05, 0) is 24.6 Å². The average molecular weight is 239 g/mol. The number of benzene rings is 1. The predicted octanol–water partition coefficient (Wildman–Crippen LogP) is 2.63. The van der Waals surface area contributed by atoms with E-state index in [1.165, 1.54) is 6.92 Å². The van der Waals surface area contributed by atoms with Crippen LogP contribution >= 0.6 is 0 Å². The van der Waals surface area contributed by atoms with Crippen LogP contribution in [0.3, 0.4) is 0 Å². The summed E-state index contributed by atoms with van der Waals surface area (Å²) >= 11 is 0. The first-order valence-electron chi connectivity index (χ1n) is 4.65. The van der Waals surface area contributed by atoms with Gasteiger partial charge in [-0.1, -0.05) is 5.16 Å². The normalized spacial score (nSPS) is 10.5. The fraction of sp³-hybridized carbons (Fsp3) is 0.0909. The number of aromatic nitrogens is 1. The molecule has 6 heteroatoms. The summed E-state index contributed by atoms with van der Waals surface area (Å²) in [6.07, 6.45) is 0. The Morgan fingerprint density at radius 3 is 2.59 bits per heavy atom. The van der Waals surface area contributed by atoms with Crippen LogP contribution in [0.25, 0.3) is 11.3 Å². The zero-order valence-electron chi connectivity index (χ0n) is 8.70. The van der Waals surface area contributed by atoms with Crippen molar-refractivity contribution in [2.24, 2.45) is 0 Å². The first kappa shape index (κ1) is 11.3. The van der Waals surface area contributed by atoms with Crippen LogP contribution in [0.1, 0.15) is 16.1 Å². The van der Waals surface area contributed by atoms with Crippen molar-refractivity contribution >= 4 is 5.97 Å². The van der Waals surface area contributed by atoms with Gasteiger partial charge in [-0.3, -0.25) is 0 Å². The Morgan fingerprint density at radius 2 is 2.00 bits per heavy atom. The Labute approximate surface area is 94.5 Å². The van der Waals surface area contributed by atoms with Crippen molar-refractivity contribution in [3.8, 4) is 11.3 Å². The molecule has 0 radical (unpaired) electrons. The summed E-state index contributed by atoms with van der Waals surface area (Å²) < 4.78 is 31.4. The van der Waals surface area contributed by atoms with Crippen LogP contribution < -0.4 is 0 Å². The largest absolute Gasteiger partial charge is 0.476 e. The van der Waals surface area contributed by atoms with Gasteiger partial charge in [0, 0.05) is 6.07 Å². The van der Waals surface area contributed by atoms with Gasteiger partial charge in [0.25, 0.3) is 0 Å². The average Bonchev–Trinajstić information content (AvgIpc) is 2.72. The molecule has 2 aromatic rings. The van der Waals surface area contributed by atoms with Crippen molar-refractivity contribution in [2.75, 3.05) is 0 Å². The highest BCUT2D eigenvalue weighted by atomic mass is 19.1. The third-order valence-electron chi connectivity index (χ3n) is 2.24. The van der Waals surface area contributed by atoms with Crippen LogP contribution in [-0.2, 0) is 0 Å². The number of rotatable bonds is 2. The SMILES string of the molecule is Cc1cc(F)c(-c2cc(C(=O)O)no2)cc1F. The molecule has 0 unspecified atom stereocenters. The van der Waals surface area contributed by atoms with Crippen molar-refractivity contribution in [3.63, 3.8) is 0 Å². The molecule has 0 bridgehead atoms. The number of carboxylic acid groups (broad SMARTS) is 1. The van der Waals surface area contributed by atoms with Gasteiger partial charge in [0.05, 0.1) is 5.56 Å². The highest BCUT2D eigenvalue weighted by molar-refractivity contribution is 5.86. The van der Waals surface area contributed by atoms with Crippen LogP contribution in [0.5, 0.6) is 0 Å². The van der Waals surface area contributed by atoms with Gasteiger partial charge in [-0.25, -0.2) is 13.6 Å². The number of hydrogen-bond donors (Lipinski definition) is 1. The fourth-order valence-corrected chi connectivity index (χ4v) is 1.34. The molecule has 1 heterocycles. The van der Waals surface area contributed by atoms with E-state index in [4.69, 9.17) is 5.11 Å². The molecule has 0 amide bonds. The lowest BCUT2D eigenvalue weighted by atomic mass is 10.1. The second-order valence-electron chi connectivity index (χ2n) is 3.46. The lowest BCUT2D eigenvalue weighted by molar-refractivity contribution is 0.0686. The van der Waals surface area contributed by atoms with E-state index in [-0.39, 0.29) is 22.6 Å². The van der Waals surface area contributed by atoms with E-state index in [0.29, 0.717) is 0 Å². The van der Waals surface area contributed by atoms with E-state index in [2.05, 4.69) is 9.68 Å². The molecule has 88 valence electrons. The van der Waals surface area contributed by atoms with Gasteiger partial charge >= 0.3 is 5.97 Å². The summed E-state index contributed by atoms with van der Waals surface area (Å²) in [6.45, 7) is 1.42. The van der Waals surface area contributed by atoms with E-state index >= 15 is 0 Å². The molecule has 2 rings (SSSR count). The molecule has 0 saturated heterocycles. The second-order valence-corrected chi connectivity index (χ2v) is 3.46. The van der Waals surface area contributed by atoms with Crippen molar-refractivity contribution in [1.82, 2.24) is 5.16 Å². The topological polar surface area (TPSA) is 63.3 Å².